The Morgan fingerprint density at radius 1 is 1.37 bits per heavy atom. The van der Waals surface area contributed by atoms with Crippen molar-refractivity contribution in [3.63, 3.8) is 0 Å². The minimum absolute atomic E-state index is 0.147. The van der Waals surface area contributed by atoms with Crippen LogP contribution in [0, 0.1) is 0 Å². The molecule has 0 radical (unpaired) electrons. The van der Waals surface area contributed by atoms with Crippen LogP contribution in [-0.2, 0) is 9.84 Å². The Hall–Kier alpha value is -1.67. The summed E-state index contributed by atoms with van der Waals surface area (Å²) in [6.45, 7) is 0. The summed E-state index contributed by atoms with van der Waals surface area (Å²) >= 11 is 3.16. The van der Waals surface area contributed by atoms with E-state index in [0.29, 0.717) is 10.0 Å². The van der Waals surface area contributed by atoms with E-state index in [2.05, 4.69) is 21.1 Å². The summed E-state index contributed by atoms with van der Waals surface area (Å²) in [6.07, 6.45) is 1.10. The Balaban J connectivity index is 2.47. The van der Waals surface area contributed by atoms with Gasteiger partial charge in [0.2, 0.25) is 0 Å². The van der Waals surface area contributed by atoms with E-state index in [1.807, 2.05) is 0 Å². The number of carbonyl (C=O) groups is 1. The lowest BCUT2D eigenvalue weighted by Gasteiger charge is -2.03. The van der Waals surface area contributed by atoms with Gasteiger partial charge in [0.25, 0.3) is 0 Å². The highest BCUT2D eigenvalue weighted by atomic mass is 79.9. The Kier molecular flexibility index (Phi) is 3.46. The van der Waals surface area contributed by atoms with Crippen LogP contribution in [0.1, 0.15) is 10.5 Å². The molecule has 0 saturated carbocycles. The molecule has 19 heavy (non-hydrogen) atoms. The zero-order valence-corrected chi connectivity index (χ0v) is 12.0. The van der Waals surface area contributed by atoms with Crippen molar-refractivity contribution in [1.82, 2.24) is 5.16 Å². The van der Waals surface area contributed by atoms with E-state index in [9.17, 15) is 13.2 Å². The van der Waals surface area contributed by atoms with Gasteiger partial charge < -0.3 is 9.63 Å². The molecule has 1 aromatic heterocycles. The van der Waals surface area contributed by atoms with Crippen molar-refractivity contribution < 1.29 is 22.8 Å². The molecule has 0 atom stereocenters. The van der Waals surface area contributed by atoms with Gasteiger partial charge in [-0.05, 0) is 34.1 Å². The van der Waals surface area contributed by atoms with Gasteiger partial charge in [-0.3, -0.25) is 0 Å². The van der Waals surface area contributed by atoms with Crippen LogP contribution in [0.3, 0.4) is 0 Å². The molecule has 1 N–H and O–H groups in total. The molecule has 0 bridgehead atoms. The highest BCUT2D eigenvalue weighted by molar-refractivity contribution is 9.10. The average molecular weight is 346 g/mol. The zero-order chi connectivity index (χ0) is 14.2. The molecule has 0 saturated heterocycles. The van der Waals surface area contributed by atoms with E-state index >= 15 is 0 Å². The maximum absolute atomic E-state index is 11.5. The standard InChI is InChI=1S/C11H8BrNO5S/c1-19(16,17)10-3-2-6(4-7(10)12)9-5-8(11(14)15)13-18-9/h2-5H,1H3,(H,14,15). The molecule has 0 amide bonds. The minimum Gasteiger partial charge on any atom is -0.476 e. The normalized spacial score (nSPS) is 11.5. The lowest BCUT2D eigenvalue weighted by molar-refractivity contribution is 0.0686. The van der Waals surface area contributed by atoms with Gasteiger partial charge in [-0.1, -0.05) is 5.16 Å². The predicted octanol–water partition coefficient (Wildman–Crippen LogP) is 2.21. The number of hydrogen-bond acceptors (Lipinski definition) is 5. The van der Waals surface area contributed by atoms with E-state index in [4.69, 9.17) is 9.63 Å². The Morgan fingerprint density at radius 3 is 2.53 bits per heavy atom. The van der Waals surface area contributed by atoms with Crippen LogP contribution in [-0.4, -0.2) is 30.9 Å². The fraction of sp³-hybridized carbons (Fsp3) is 0.0909. The number of aromatic nitrogens is 1. The number of carboxylic acids is 1. The van der Waals surface area contributed by atoms with E-state index in [1.54, 1.807) is 0 Å². The number of benzene rings is 1. The number of halogens is 1. The molecule has 100 valence electrons. The molecule has 8 heteroatoms. The minimum atomic E-state index is -3.33. The van der Waals surface area contributed by atoms with Gasteiger partial charge in [-0.2, -0.15) is 0 Å². The first-order chi connectivity index (χ1) is 8.79. The molecule has 0 unspecified atom stereocenters. The van der Waals surface area contributed by atoms with Crippen molar-refractivity contribution in [3.05, 3.63) is 34.4 Å². The monoisotopic (exact) mass is 345 g/mol. The largest absolute Gasteiger partial charge is 0.476 e. The molecule has 0 fully saturated rings. The summed E-state index contributed by atoms with van der Waals surface area (Å²) in [7, 11) is -3.33. The maximum atomic E-state index is 11.5. The quantitative estimate of drug-likeness (QED) is 0.915. The number of carboxylic acid groups (broad SMARTS) is 1. The first-order valence-corrected chi connectivity index (χ1v) is 7.67. The number of rotatable bonds is 3. The third-order valence-corrected chi connectivity index (χ3v) is 4.42. The molecule has 1 heterocycles. The second kappa shape index (κ2) is 4.78. The number of sulfone groups is 1. The maximum Gasteiger partial charge on any atom is 0.358 e. The highest BCUT2D eigenvalue weighted by Crippen LogP contribution is 2.29. The van der Waals surface area contributed by atoms with Crippen LogP contribution in [0.15, 0.2) is 38.2 Å². The Labute approximate surface area is 117 Å². The molecule has 1 aromatic carbocycles. The molecule has 0 aliphatic rings. The predicted molar refractivity (Wildman–Crippen MR) is 69.7 cm³/mol. The van der Waals surface area contributed by atoms with Crippen molar-refractivity contribution >= 4 is 31.7 Å². The third kappa shape index (κ3) is 2.85. The van der Waals surface area contributed by atoms with Gasteiger partial charge >= 0.3 is 5.97 Å². The molecule has 6 nitrogen and oxygen atoms in total. The highest BCUT2D eigenvalue weighted by Gasteiger charge is 2.16. The molecular formula is C11H8BrNO5S. The van der Waals surface area contributed by atoms with Crippen LogP contribution in [0.25, 0.3) is 11.3 Å². The van der Waals surface area contributed by atoms with Crippen molar-refractivity contribution in [2.24, 2.45) is 0 Å². The lowest BCUT2D eigenvalue weighted by Crippen LogP contribution is -1.98. The second-order valence-electron chi connectivity index (χ2n) is 3.80. The molecule has 0 aliphatic heterocycles. The second-order valence-corrected chi connectivity index (χ2v) is 6.64. The van der Waals surface area contributed by atoms with Crippen molar-refractivity contribution in [2.75, 3.05) is 6.26 Å². The van der Waals surface area contributed by atoms with Crippen LogP contribution in [0.5, 0.6) is 0 Å². The topological polar surface area (TPSA) is 97.5 Å². The van der Waals surface area contributed by atoms with Gasteiger partial charge in [0.15, 0.2) is 21.3 Å². The fourth-order valence-corrected chi connectivity index (χ4v) is 3.46. The van der Waals surface area contributed by atoms with Crippen LogP contribution in [0.4, 0.5) is 0 Å². The first-order valence-electron chi connectivity index (χ1n) is 4.99. The number of aromatic carboxylic acids is 1. The SMILES string of the molecule is CS(=O)(=O)c1ccc(-c2cc(C(=O)O)no2)cc1Br. The fourth-order valence-electron chi connectivity index (χ4n) is 1.47. The van der Waals surface area contributed by atoms with Gasteiger partial charge in [0.1, 0.15) is 0 Å². The van der Waals surface area contributed by atoms with Gasteiger partial charge in [-0.15, -0.1) is 0 Å². The first kappa shape index (κ1) is 13.8. The smallest absolute Gasteiger partial charge is 0.358 e. The van der Waals surface area contributed by atoms with Gasteiger partial charge in [-0.25, -0.2) is 13.2 Å². The number of hydrogen-bond donors (Lipinski definition) is 1. The van der Waals surface area contributed by atoms with Crippen molar-refractivity contribution in [2.45, 2.75) is 4.90 Å². The van der Waals surface area contributed by atoms with Gasteiger partial charge in [0.05, 0.1) is 4.90 Å². The summed E-state index contributed by atoms with van der Waals surface area (Å²) in [6, 6.07) is 5.73. The Morgan fingerprint density at radius 2 is 2.05 bits per heavy atom. The van der Waals surface area contributed by atoms with Crippen molar-refractivity contribution in [3.8, 4) is 11.3 Å². The summed E-state index contributed by atoms with van der Waals surface area (Å²) in [5, 5.41) is 12.1. The number of nitrogens with zero attached hydrogens (tertiary/aromatic N) is 1. The van der Waals surface area contributed by atoms with E-state index in [1.165, 1.54) is 24.3 Å². The summed E-state index contributed by atoms with van der Waals surface area (Å²) in [4.78, 5) is 10.8. The van der Waals surface area contributed by atoms with E-state index in [-0.39, 0.29) is 16.3 Å². The zero-order valence-electron chi connectivity index (χ0n) is 9.62. The molecule has 2 aromatic rings. The average Bonchev–Trinajstić information content (AvgIpc) is 2.76. The molecule has 0 aliphatic carbocycles. The van der Waals surface area contributed by atoms with Crippen LogP contribution < -0.4 is 0 Å². The summed E-state index contributed by atoms with van der Waals surface area (Å²) in [5.41, 5.74) is 0.317. The van der Waals surface area contributed by atoms with E-state index < -0.39 is 15.8 Å². The molecule has 0 spiro atoms. The van der Waals surface area contributed by atoms with Crippen molar-refractivity contribution in [1.29, 1.82) is 0 Å². The van der Waals surface area contributed by atoms with Crippen LogP contribution in [0.2, 0.25) is 0 Å². The summed E-state index contributed by atoms with van der Waals surface area (Å²) in [5.74, 6) is -0.944. The van der Waals surface area contributed by atoms with E-state index in [0.717, 1.165) is 6.26 Å². The lowest BCUT2D eigenvalue weighted by atomic mass is 10.1. The van der Waals surface area contributed by atoms with Crippen LogP contribution >= 0.6 is 15.9 Å². The molecular weight excluding hydrogens is 338 g/mol. The molecule has 2 rings (SSSR count). The van der Waals surface area contributed by atoms with Gasteiger partial charge in [0, 0.05) is 22.4 Å². The summed E-state index contributed by atoms with van der Waals surface area (Å²) < 4.78 is 28.2. The third-order valence-electron chi connectivity index (χ3n) is 2.35. The Bertz CT molecular complexity index is 750.